The second-order valence-corrected chi connectivity index (χ2v) is 14.5. The average molecular weight is 791 g/mol. The van der Waals surface area contributed by atoms with Gasteiger partial charge in [-0.1, -0.05) is 169 Å². The maximum absolute atomic E-state index is 12.6. The van der Waals surface area contributed by atoms with E-state index in [-0.39, 0.29) is 37.5 Å². The summed E-state index contributed by atoms with van der Waals surface area (Å²) in [5, 5.41) is 0. The van der Waals surface area contributed by atoms with Crippen LogP contribution in [-0.4, -0.2) is 37.2 Å². The Labute approximate surface area is 349 Å². The van der Waals surface area contributed by atoms with Crippen LogP contribution in [0.3, 0.4) is 0 Å². The monoisotopic (exact) mass is 791 g/mol. The molecule has 0 aromatic rings. The van der Waals surface area contributed by atoms with Crippen molar-refractivity contribution in [2.75, 3.05) is 13.2 Å². The summed E-state index contributed by atoms with van der Waals surface area (Å²) in [5.74, 6) is -0.972. The van der Waals surface area contributed by atoms with Crippen LogP contribution < -0.4 is 0 Å². The quantitative estimate of drug-likeness (QED) is 0.0267. The Morgan fingerprint density at radius 2 is 0.684 bits per heavy atom. The number of esters is 3. The van der Waals surface area contributed by atoms with Gasteiger partial charge in [-0.05, 0) is 96.3 Å². The van der Waals surface area contributed by atoms with Crippen molar-refractivity contribution in [1.82, 2.24) is 0 Å². The molecule has 0 saturated carbocycles. The molecule has 1 atom stereocenters. The largest absolute Gasteiger partial charge is 0.462 e. The Kier molecular flexibility index (Phi) is 42.1. The molecule has 0 aromatic carbocycles. The third-order valence-electron chi connectivity index (χ3n) is 9.08. The molecule has 0 aliphatic heterocycles. The summed E-state index contributed by atoms with van der Waals surface area (Å²) in [6.07, 6.45) is 58.5. The highest BCUT2D eigenvalue weighted by Crippen LogP contribution is 2.12. The first-order chi connectivity index (χ1) is 28.0. The predicted molar refractivity (Wildman–Crippen MR) is 242 cm³/mol. The first-order valence-corrected chi connectivity index (χ1v) is 22.7. The van der Waals surface area contributed by atoms with Crippen LogP contribution in [0.1, 0.15) is 188 Å². The Hall–Kier alpha value is -3.67. The molecule has 0 aromatic heterocycles. The molecule has 0 aliphatic carbocycles. The van der Waals surface area contributed by atoms with Gasteiger partial charge in [-0.15, -0.1) is 0 Å². The smallest absolute Gasteiger partial charge is 0.306 e. The fourth-order valence-corrected chi connectivity index (χ4v) is 5.72. The molecule has 6 heteroatoms. The van der Waals surface area contributed by atoms with Crippen molar-refractivity contribution in [2.24, 2.45) is 0 Å². The van der Waals surface area contributed by atoms with Crippen LogP contribution in [0, 0.1) is 0 Å². The zero-order valence-corrected chi connectivity index (χ0v) is 36.6. The van der Waals surface area contributed by atoms with Crippen molar-refractivity contribution in [3.8, 4) is 0 Å². The van der Waals surface area contributed by atoms with E-state index in [1.54, 1.807) is 0 Å². The molecule has 0 bridgehead atoms. The minimum Gasteiger partial charge on any atom is -0.462 e. The zero-order chi connectivity index (χ0) is 41.5. The summed E-state index contributed by atoms with van der Waals surface area (Å²) in [7, 11) is 0. The van der Waals surface area contributed by atoms with Gasteiger partial charge >= 0.3 is 17.9 Å². The number of ether oxygens (including phenoxy) is 3. The fourth-order valence-electron chi connectivity index (χ4n) is 5.72. The molecule has 57 heavy (non-hydrogen) atoms. The van der Waals surface area contributed by atoms with Gasteiger partial charge in [-0.2, -0.15) is 0 Å². The number of carbonyl (C=O) groups excluding carboxylic acids is 3. The van der Waals surface area contributed by atoms with E-state index >= 15 is 0 Å². The van der Waals surface area contributed by atoms with E-state index in [1.165, 1.54) is 0 Å². The van der Waals surface area contributed by atoms with Gasteiger partial charge in [0.25, 0.3) is 0 Å². The Bertz CT molecular complexity index is 1180. The highest BCUT2D eigenvalue weighted by Gasteiger charge is 2.19. The average Bonchev–Trinajstić information content (AvgIpc) is 3.21. The second-order valence-electron chi connectivity index (χ2n) is 14.5. The maximum Gasteiger partial charge on any atom is 0.306 e. The molecular formula is C51H82O6. The lowest BCUT2D eigenvalue weighted by Crippen LogP contribution is -2.30. The van der Waals surface area contributed by atoms with E-state index in [0.29, 0.717) is 12.8 Å². The molecule has 0 radical (unpaired) electrons. The van der Waals surface area contributed by atoms with E-state index in [4.69, 9.17) is 14.2 Å². The highest BCUT2D eigenvalue weighted by molar-refractivity contribution is 5.71. The van der Waals surface area contributed by atoms with Crippen LogP contribution in [-0.2, 0) is 28.6 Å². The lowest BCUT2D eigenvalue weighted by atomic mass is 10.1. The van der Waals surface area contributed by atoms with Crippen molar-refractivity contribution in [3.05, 3.63) is 97.2 Å². The van der Waals surface area contributed by atoms with Crippen molar-refractivity contribution in [3.63, 3.8) is 0 Å². The zero-order valence-electron chi connectivity index (χ0n) is 36.6. The molecule has 0 spiro atoms. The summed E-state index contributed by atoms with van der Waals surface area (Å²) in [5.41, 5.74) is 0. The van der Waals surface area contributed by atoms with E-state index in [0.717, 1.165) is 148 Å². The van der Waals surface area contributed by atoms with Gasteiger partial charge in [0.15, 0.2) is 6.10 Å². The molecule has 6 nitrogen and oxygen atoms in total. The lowest BCUT2D eigenvalue weighted by Gasteiger charge is -2.18. The van der Waals surface area contributed by atoms with Gasteiger partial charge in [-0.25, -0.2) is 0 Å². The summed E-state index contributed by atoms with van der Waals surface area (Å²) in [6.45, 7) is 6.25. The van der Waals surface area contributed by atoms with Crippen molar-refractivity contribution in [2.45, 2.75) is 194 Å². The molecule has 0 rings (SSSR count). The van der Waals surface area contributed by atoms with Gasteiger partial charge in [-0.3, -0.25) is 14.4 Å². The van der Waals surface area contributed by atoms with Crippen molar-refractivity contribution >= 4 is 17.9 Å². The molecular weight excluding hydrogens is 709 g/mol. The number of hydrogen-bond donors (Lipinski definition) is 0. The standard InChI is InChI=1S/C51H82O6/c1-4-7-10-13-15-17-19-21-22-23-24-25-26-27-28-30-31-33-35-38-41-44-50(53)56-47-48(46-55-49(52)43-40-37-12-9-6-3)57-51(54)45-42-39-36-34-32-29-20-18-16-14-11-8-5-2/h7-8,10-11,15-18,21-22,24-25,27-29,32,48H,4-6,9,12-14,19-20,23,26,30-31,33-47H2,1-3H3/b10-7-,11-8-,17-15-,18-16-,22-21-,25-24-,28-27-,32-29-. The van der Waals surface area contributed by atoms with Crippen LogP contribution in [0.4, 0.5) is 0 Å². The summed E-state index contributed by atoms with van der Waals surface area (Å²) in [4.78, 5) is 37.5. The van der Waals surface area contributed by atoms with Crippen LogP contribution in [0.15, 0.2) is 97.2 Å². The predicted octanol–water partition coefficient (Wildman–Crippen LogP) is 14.6. The van der Waals surface area contributed by atoms with Gasteiger partial charge < -0.3 is 14.2 Å². The van der Waals surface area contributed by atoms with E-state index in [1.807, 2.05) is 0 Å². The molecule has 0 N–H and O–H groups in total. The van der Waals surface area contributed by atoms with Crippen LogP contribution in [0.5, 0.6) is 0 Å². The van der Waals surface area contributed by atoms with E-state index in [9.17, 15) is 14.4 Å². The summed E-state index contributed by atoms with van der Waals surface area (Å²) < 4.78 is 16.6. The number of hydrogen-bond acceptors (Lipinski definition) is 6. The van der Waals surface area contributed by atoms with Gasteiger partial charge in [0.2, 0.25) is 0 Å². The van der Waals surface area contributed by atoms with Crippen LogP contribution in [0.2, 0.25) is 0 Å². The summed E-state index contributed by atoms with van der Waals surface area (Å²) in [6, 6.07) is 0. The highest BCUT2D eigenvalue weighted by atomic mass is 16.6. The first-order valence-electron chi connectivity index (χ1n) is 22.7. The van der Waals surface area contributed by atoms with E-state index in [2.05, 4.69) is 118 Å². The molecule has 0 saturated heterocycles. The maximum atomic E-state index is 12.6. The Balaban J connectivity index is 4.29. The molecule has 1 unspecified atom stereocenters. The van der Waals surface area contributed by atoms with Crippen molar-refractivity contribution in [1.29, 1.82) is 0 Å². The number of allylic oxidation sites excluding steroid dienone is 16. The van der Waals surface area contributed by atoms with Gasteiger partial charge in [0, 0.05) is 19.3 Å². The Morgan fingerprint density at radius 3 is 1.09 bits per heavy atom. The van der Waals surface area contributed by atoms with Crippen LogP contribution in [0.25, 0.3) is 0 Å². The normalized spacial score (nSPS) is 13.0. The molecule has 322 valence electrons. The number of carbonyl (C=O) groups is 3. The number of unbranched alkanes of at least 4 members (excludes halogenated alkanes) is 12. The van der Waals surface area contributed by atoms with Crippen LogP contribution >= 0.6 is 0 Å². The van der Waals surface area contributed by atoms with Gasteiger partial charge in [0.1, 0.15) is 13.2 Å². The Morgan fingerprint density at radius 1 is 0.368 bits per heavy atom. The second kappa shape index (κ2) is 45.0. The molecule has 0 fully saturated rings. The summed E-state index contributed by atoms with van der Waals surface area (Å²) >= 11 is 0. The van der Waals surface area contributed by atoms with Crippen molar-refractivity contribution < 1.29 is 28.6 Å². The molecule has 0 aliphatic rings. The fraction of sp³-hybridized carbons (Fsp3) is 0.627. The molecule has 0 heterocycles. The van der Waals surface area contributed by atoms with Gasteiger partial charge in [0.05, 0.1) is 0 Å². The third kappa shape index (κ3) is 43.3. The SMILES string of the molecule is CC/C=C\C/C=C\C/C=C\C/C=C\C/C=C\CCCCCCCC(=O)OCC(COC(=O)CCCCCCC)OC(=O)CCCCC/C=C\C/C=C\C/C=C\CC. The topological polar surface area (TPSA) is 78.9 Å². The molecule has 0 amide bonds. The minimum atomic E-state index is -0.796. The lowest BCUT2D eigenvalue weighted by molar-refractivity contribution is -0.167. The third-order valence-corrected chi connectivity index (χ3v) is 9.08. The van der Waals surface area contributed by atoms with E-state index < -0.39 is 6.10 Å². The first kappa shape index (κ1) is 53.3. The minimum absolute atomic E-state index is 0.0984. The number of rotatable bonds is 39.